The second-order valence-electron chi connectivity index (χ2n) is 5.04. The summed E-state index contributed by atoms with van der Waals surface area (Å²) in [5.41, 5.74) is 6.63. The summed E-state index contributed by atoms with van der Waals surface area (Å²) in [7, 11) is -0.810. The molecule has 0 aliphatic carbocycles. The molecule has 1 aliphatic rings. The third-order valence-electron chi connectivity index (χ3n) is 3.56. The predicted octanol–water partition coefficient (Wildman–Crippen LogP) is 1.84. The normalized spacial score (nSPS) is 23.7. The van der Waals surface area contributed by atoms with Crippen molar-refractivity contribution in [1.29, 1.82) is 0 Å². The van der Waals surface area contributed by atoms with Gasteiger partial charge in [0.25, 0.3) is 0 Å². The van der Waals surface area contributed by atoms with Gasteiger partial charge >= 0.3 is 0 Å². The fraction of sp³-hybridized carbons (Fsp3) is 0.600. The van der Waals surface area contributed by atoms with E-state index in [2.05, 4.69) is 0 Å². The molecule has 1 aliphatic heterocycles. The molecule has 20 heavy (non-hydrogen) atoms. The van der Waals surface area contributed by atoms with Crippen LogP contribution in [0, 0.1) is 0 Å². The van der Waals surface area contributed by atoms with E-state index in [0.29, 0.717) is 18.9 Å². The minimum absolute atomic E-state index is 0.126. The summed E-state index contributed by atoms with van der Waals surface area (Å²) in [4.78, 5) is 0. The van der Waals surface area contributed by atoms with Gasteiger partial charge in [0, 0.05) is 29.7 Å². The zero-order valence-electron chi connectivity index (χ0n) is 11.9. The molecular weight excluding hydrogens is 274 g/mol. The molecular formula is C15H23NO3S. The topological polar surface area (TPSA) is 61.5 Å². The van der Waals surface area contributed by atoms with Crippen molar-refractivity contribution in [2.75, 3.05) is 19.0 Å². The second-order valence-corrected chi connectivity index (χ2v) is 6.81. The Morgan fingerprint density at radius 1 is 1.40 bits per heavy atom. The summed E-state index contributed by atoms with van der Waals surface area (Å²) in [6.45, 7) is 3.88. The number of ether oxygens (including phenoxy) is 2. The van der Waals surface area contributed by atoms with Crippen molar-refractivity contribution in [3.05, 3.63) is 29.8 Å². The molecule has 0 saturated carbocycles. The molecule has 112 valence electrons. The molecule has 1 aromatic carbocycles. The Balaban J connectivity index is 1.66. The van der Waals surface area contributed by atoms with Crippen molar-refractivity contribution in [2.45, 2.75) is 37.7 Å². The molecule has 0 bridgehead atoms. The smallest absolute Gasteiger partial charge is 0.119 e. The van der Waals surface area contributed by atoms with Crippen molar-refractivity contribution in [3.8, 4) is 5.75 Å². The summed E-state index contributed by atoms with van der Waals surface area (Å²) in [6.07, 6.45) is 1.84. The molecule has 0 amide bonds. The molecule has 1 heterocycles. The molecule has 2 rings (SSSR count). The van der Waals surface area contributed by atoms with Crippen LogP contribution in [0.2, 0.25) is 0 Å². The van der Waals surface area contributed by atoms with Gasteiger partial charge in [0.05, 0.1) is 18.0 Å². The Hall–Kier alpha value is -0.910. The molecule has 0 spiro atoms. The first kappa shape index (κ1) is 15.5. The lowest BCUT2D eigenvalue weighted by Gasteiger charge is -2.13. The Morgan fingerprint density at radius 2 is 2.15 bits per heavy atom. The average molecular weight is 297 g/mol. The van der Waals surface area contributed by atoms with Crippen LogP contribution >= 0.6 is 0 Å². The SMILES string of the molecule is CC1OCCC1S(=O)CCCOc1ccc(CN)cc1. The van der Waals surface area contributed by atoms with Crippen LogP contribution in [0.5, 0.6) is 5.75 Å². The molecule has 3 unspecified atom stereocenters. The van der Waals surface area contributed by atoms with Crippen LogP contribution in [-0.4, -0.2) is 34.5 Å². The fourth-order valence-electron chi connectivity index (χ4n) is 2.32. The Morgan fingerprint density at radius 3 is 2.75 bits per heavy atom. The van der Waals surface area contributed by atoms with E-state index in [9.17, 15) is 4.21 Å². The third kappa shape index (κ3) is 4.30. The van der Waals surface area contributed by atoms with Crippen molar-refractivity contribution >= 4 is 10.8 Å². The van der Waals surface area contributed by atoms with Gasteiger partial charge in [-0.1, -0.05) is 12.1 Å². The average Bonchev–Trinajstić information content (AvgIpc) is 2.90. The standard InChI is InChI=1S/C15H23NO3S/c1-12-15(7-9-18-12)20(17)10-2-8-19-14-5-3-13(11-16)4-6-14/h3-6,12,15H,2,7-11,16H2,1H3. The quantitative estimate of drug-likeness (QED) is 0.780. The highest BCUT2D eigenvalue weighted by Gasteiger charge is 2.28. The summed E-state index contributed by atoms with van der Waals surface area (Å²) in [5, 5.41) is 0.193. The lowest BCUT2D eigenvalue weighted by molar-refractivity contribution is 0.127. The van der Waals surface area contributed by atoms with Crippen LogP contribution in [0.15, 0.2) is 24.3 Å². The monoisotopic (exact) mass is 297 g/mol. The van der Waals surface area contributed by atoms with E-state index >= 15 is 0 Å². The van der Waals surface area contributed by atoms with Crippen LogP contribution in [0.1, 0.15) is 25.3 Å². The van der Waals surface area contributed by atoms with E-state index in [1.807, 2.05) is 31.2 Å². The first-order chi connectivity index (χ1) is 9.70. The van der Waals surface area contributed by atoms with E-state index in [4.69, 9.17) is 15.2 Å². The molecule has 2 N–H and O–H groups in total. The number of rotatable bonds is 7. The van der Waals surface area contributed by atoms with Crippen LogP contribution in [0.3, 0.4) is 0 Å². The van der Waals surface area contributed by atoms with Crippen molar-refractivity contribution < 1.29 is 13.7 Å². The number of hydrogen-bond donors (Lipinski definition) is 1. The molecule has 4 nitrogen and oxygen atoms in total. The third-order valence-corrected chi connectivity index (χ3v) is 5.55. The van der Waals surface area contributed by atoms with Gasteiger partial charge in [-0.2, -0.15) is 0 Å². The van der Waals surface area contributed by atoms with Crippen LogP contribution in [-0.2, 0) is 22.1 Å². The van der Waals surface area contributed by atoms with E-state index in [1.165, 1.54) is 0 Å². The van der Waals surface area contributed by atoms with Gasteiger partial charge in [-0.15, -0.1) is 0 Å². The van der Waals surface area contributed by atoms with Gasteiger partial charge in [0.15, 0.2) is 0 Å². The molecule has 3 atom stereocenters. The summed E-state index contributed by atoms with van der Waals surface area (Å²) in [5.74, 6) is 1.52. The van der Waals surface area contributed by atoms with Crippen molar-refractivity contribution in [1.82, 2.24) is 0 Å². The van der Waals surface area contributed by atoms with E-state index in [1.54, 1.807) is 0 Å². The molecule has 1 aromatic rings. The Kier molecular flexibility index (Phi) is 6.01. The maximum atomic E-state index is 12.1. The van der Waals surface area contributed by atoms with Gasteiger partial charge < -0.3 is 15.2 Å². The number of nitrogens with two attached hydrogens (primary N) is 1. The largest absolute Gasteiger partial charge is 0.494 e. The van der Waals surface area contributed by atoms with Crippen molar-refractivity contribution in [2.24, 2.45) is 5.73 Å². The van der Waals surface area contributed by atoms with Gasteiger partial charge in [0.2, 0.25) is 0 Å². The first-order valence-electron chi connectivity index (χ1n) is 7.11. The molecule has 0 radical (unpaired) electrons. The number of hydrogen-bond acceptors (Lipinski definition) is 4. The van der Waals surface area contributed by atoms with Gasteiger partial charge in [-0.3, -0.25) is 4.21 Å². The van der Waals surface area contributed by atoms with E-state index in [0.717, 1.165) is 30.8 Å². The van der Waals surface area contributed by atoms with Crippen molar-refractivity contribution in [3.63, 3.8) is 0 Å². The van der Waals surface area contributed by atoms with E-state index < -0.39 is 10.8 Å². The molecule has 1 saturated heterocycles. The van der Waals surface area contributed by atoms with E-state index in [-0.39, 0.29) is 11.4 Å². The van der Waals surface area contributed by atoms with Crippen LogP contribution in [0.4, 0.5) is 0 Å². The zero-order valence-corrected chi connectivity index (χ0v) is 12.7. The lowest BCUT2D eigenvalue weighted by atomic mass is 10.2. The maximum Gasteiger partial charge on any atom is 0.119 e. The summed E-state index contributed by atoms with van der Waals surface area (Å²) < 4.78 is 23.2. The minimum Gasteiger partial charge on any atom is -0.494 e. The first-order valence-corrected chi connectivity index (χ1v) is 8.49. The minimum atomic E-state index is -0.810. The van der Waals surface area contributed by atoms with Crippen LogP contribution in [0.25, 0.3) is 0 Å². The molecule has 5 heteroatoms. The highest BCUT2D eigenvalue weighted by Crippen LogP contribution is 2.19. The highest BCUT2D eigenvalue weighted by molar-refractivity contribution is 7.85. The zero-order chi connectivity index (χ0) is 14.4. The Labute approximate surface area is 123 Å². The number of benzene rings is 1. The maximum absolute atomic E-state index is 12.1. The molecule has 1 fully saturated rings. The molecule has 0 aromatic heterocycles. The summed E-state index contributed by atoms with van der Waals surface area (Å²) in [6, 6.07) is 7.77. The van der Waals surface area contributed by atoms with Crippen LogP contribution < -0.4 is 10.5 Å². The van der Waals surface area contributed by atoms with Gasteiger partial charge in [-0.05, 0) is 37.5 Å². The van der Waals surface area contributed by atoms with Gasteiger partial charge in [-0.25, -0.2) is 0 Å². The Bertz CT molecular complexity index is 435. The van der Waals surface area contributed by atoms with Gasteiger partial charge in [0.1, 0.15) is 5.75 Å². The lowest BCUT2D eigenvalue weighted by Crippen LogP contribution is -2.25. The second kappa shape index (κ2) is 7.76. The fourth-order valence-corrected chi connectivity index (χ4v) is 3.89. The predicted molar refractivity (Wildman–Crippen MR) is 81.3 cm³/mol. The highest BCUT2D eigenvalue weighted by atomic mass is 32.2. The summed E-state index contributed by atoms with van der Waals surface area (Å²) >= 11 is 0.